The molecule has 1 heterocycles. The topological polar surface area (TPSA) is 83.3 Å². The summed E-state index contributed by atoms with van der Waals surface area (Å²) in [5.74, 6) is -2.60. The zero-order chi connectivity index (χ0) is 18.2. The molecular weight excluding hydrogens is 349 g/mol. The number of aromatic carboxylic acids is 1. The van der Waals surface area contributed by atoms with Crippen LogP contribution < -0.4 is 0 Å². The van der Waals surface area contributed by atoms with Gasteiger partial charge in [-0.2, -0.15) is 0 Å². The van der Waals surface area contributed by atoms with Gasteiger partial charge in [-0.15, -0.1) is 0 Å². The van der Waals surface area contributed by atoms with E-state index in [1.165, 1.54) is 13.8 Å². The second-order valence-electron chi connectivity index (χ2n) is 5.44. The lowest BCUT2D eigenvalue weighted by Crippen LogP contribution is -2.23. The first-order valence-corrected chi connectivity index (χ1v) is 7.01. The Balaban J connectivity index is 2.80. The minimum atomic E-state index is -3.02. The Bertz CT molecular complexity index is 807. The second-order valence-corrected chi connectivity index (χ2v) is 5.85. The summed E-state index contributed by atoms with van der Waals surface area (Å²) in [5, 5.41) is 18.8. The van der Waals surface area contributed by atoms with Crippen molar-refractivity contribution in [1.29, 1.82) is 0 Å². The van der Waals surface area contributed by atoms with Gasteiger partial charge in [0.1, 0.15) is 11.3 Å². The SMILES string of the molecule is CC(C)(O)c1nc(-c2c(C(F)F)ccc(Cl)c2F)cnc1C(=O)O. The monoisotopic (exact) mass is 360 g/mol. The molecule has 0 atom stereocenters. The van der Waals surface area contributed by atoms with Gasteiger partial charge in [-0.1, -0.05) is 17.7 Å². The third kappa shape index (κ3) is 3.34. The fourth-order valence-corrected chi connectivity index (χ4v) is 2.26. The van der Waals surface area contributed by atoms with Crippen LogP contribution in [-0.4, -0.2) is 26.2 Å². The summed E-state index contributed by atoms with van der Waals surface area (Å²) in [5.41, 5.74) is -4.30. The fraction of sp³-hybridized carbons (Fsp3) is 0.267. The van der Waals surface area contributed by atoms with E-state index in [0.717, 1.165) is 18.3 Å². The third-order valence-corrected chi connectivity index (χ3v) is 3.46. The first kappa shape index (κ1) is 18.2. The number of carboxylic acids is 1. The summed E-state index contributed by atoms with van der Waals surface area (Å²) < 4.78 is 40.6. The summed E-state index contributed by atoms with van der Waals surface area (Å²) in [6.07, 6.45) is -2.17. The minimum Gasteiger partial charge on any atom is -0.476 e. The molecule has 2 N–H and O–H groups in total. The lowest BCUT2D eigenvalue weighted by atomic mass is 10.00. The number of alkyl halides is 2. The molecule has 0 spiro atoms. The molecule has 0 aliphatic rings. The van der Waals surface area contributed by atoms with Gasteiger partial charge in [-0.05, 0) is 19.9 Å². The lowest BCUT2D eigenvalue weighted by Gasteiger charge is -2.19. The average Bonchev–Trinajstić information content (AvgIpc) is 2.48. The Kier molecular flexibility index (Phi) is 4.82. The largest absolute Gasteiger partial charge is 0.476 e. The van der Waals surface area contributed by atoms with Gasteiger partial charge in [0.05, 0.1) is 16.9 Å². The number of rotatable bonds is 4. The quantitative estimate of drug-likeness (QED) is 0.866. The van der Waals surface area contributed by atoms with E-state index in [0.29, 0.717) is 0 Å². The molecular formula is C15H12ClF3N2O3. The van der Waals surface area contributed by atoms with Crippen LogP contribution in [0.25, 0.3) is 11.3 Å². The van der Waals surface area contributed by atoms with Crippen LogP contribution in [0.5, 0.6) is 0 Å². The van der Waals surface area contributed by atoms with E-state index in [4.69, 9.17) is 16.7 Å². The van der Waals surface area contributed by atoms with Crippen molar-refractivity contribution in [1.82, 2.24) is 9.97 Å². The fourth-order valence-electron chi connectivity index (χ4n) is 2.10. The van der Waals surface area contributed by atoms with Gasteiger partial charge >= 0.3 is 5.97 Å². The molecule has 0 fully saturated rings. The summed E-state index contributed by atoms with van der Waals surface area (Å²) >= 11 is 5.64. The van der Waals surface area contributed by atoms with E-state index >= 15 is 0 Å². The molecule has 0 radical (unpaired) electrons. The molecule has 0 saturated carbocycles. The van der Waals surface area contributed by atoms with E-state index in [2.05, 4.69) is 9.97 Å². The predicted octanol–water partition coefficient (Wildman–Crippen LogP) is 3.80. The van der Waals surface area contributed by atoms with Crippen LogP contribution in [-0.2, 0) is 5.60 Å². The molecule has 2 rings (SSSR count). The first-order chi connectivity index (χ1) is 11.0. The summed E-state index contributed by atoms with van der Waals surface area (Å²) in [6, 6.07) is 1.93. The smallest absolute Gasteiger partial charge is 0.356 e. The van der Waals surface area contributed by atoms with Gasteiger partial charge in [0.15, 0.2) is 11.5 Å². The number of nitrogens with zero attached hydrogens (tertiary/aromatic N) is 2. The van der Waals surface area contributed by atoms with Gasteiger partial charge in [-0.25, -0.2) is 27.9 Å². The summed E-state index contributed by atoms with van der Waals surface area (Å²) in [4.78, 5) is 18.7. The van der Waals surface area contributed by atoms with Crippen LogP contribution in [0.15, 0.2) is 18.3 Å². The van der Waals surface area contributed by atoms with Crippen molar-refractivity contribution >= 4 is 17.6 Å². The Morgan fingerprint density at radius 1 is 1.33 bits per heavy atom. The number of aliphatic hydroxyl groups is 1. The molecule has 1 aromatic heterocycles. The molecule has 1 aromatic carbocycles. The van der Waals surface area contributed by atoms with Gasteiger partial charge in [0.25, 0.3) is 6.43 Å². The molecule has 0 aliphatic carbocycles. The van der Waals surface area contributed by atoms with Crippen molar-refractivity contribution in [2.45, 2.75) is 25.9 Å². The number of carboxylic acid groups (broad SMARTS) is 1. The highest BCUT2D eigenvalue weighted by Gasteiger charge is 2.29. The zero-order valence-electron chi connectivity index (χ0n) is 12.5. The Morgan fingerprint density at radius 2 is 1.96 bits per heavy atom. The van der Waals surface area contributed by atoms with Crippen molar-refractivity contribution in [2.24, 2.45) is 0 Å². The number of aromatic nitrogens is 2. The number of hydrogen-bond donors (Lipinski definition) is 2. The molecule has 128 valence electrons. The number of hydrogen-bond acceptors (Lipinski definition) is 4. The minimum absolute atomic E-state index is 0.354. The molecule has 5 nitrogen and oxygen atoms in total. The highest BCUT2D eigenvalue weighted by molar-refractivity contribution is 6.31. The van der Waals surface area contributed by atoms with Crippen molar-refractivity contribution < 1.29 is 28.2 Å². The van der Waals surface area contributed by atoms with E-state index in [-0.39, 0.29) is 11.4 Å². The van der Waals surface area contributed by atoms with Crippen LogP contribution in [0.4, 0.5) is 13.2 Å². The van der Waals surface area contributed by atoms with Gasteiger partial charge in [0.2, 0.25) is 0 Å². The number of halogens is 4. The van der Waals surface area contributed by atoms with Crippen LogP contribution in [0.1, 0.15) is 42.0 Å². The molecule has 0 saturated heterocycles. The zero-order valence-corrected chi connectivity index (χ0v) is 13.3. The van der Waals surface area contributed by atoms with Crippen LogP contribution >= 0.6 is 11.6 Å². The summed E-state index contributed by atoms with van der Waals surface area (Å²) in [6.45, 7) is 2.49. The van der Waals surface area contributed by atoms with Crippen LogP contribution in [0, 0.1) is 5.82 Å². The molecule has 24 heavy (non-hydrogen) atoms. The Hall–Kier alpha value is -2.19. The van der Waals surface area contributed by atoms with E-state index in [9.17, 15) is 23.1 Å². The lowest BCUT2D eigenvalue weighted by molar-refractivity contribution is 0.0599. The standard InChI is InChI=1S/C15H12ClF3N2O3/c1-15(2,24)12-11(14(22)23)20-5-8(21-12)9-6(13(18)19)3-4-7(16)10(9)17/h3-5,13,24H,1-2H3,(H,22,23). The maximum absolute atomic E-state index is 14.3. The van der Waals surface area contributed by atoms with E-state index < -0.39 is 45.7 Å². The van der Waals surface area contributed by atoms with Crippen molar-refractivity contribution in [3.8, 4) is 11.3 Å². The molecule has 0 unspecified atom stereocenters. The molecule has 9 heteroatoms. The maximum atomic E-state index is 14.3. The molecule has 0 bridgehead atoms. The van der Waals surface area contributed by atoms with Crippen LogP contribution in [0.2, 0.25) is 5.02 Å². The second kappa shape index (κ2) is 6.37. The maximum Gasteiger partial charge on any atom is 0.356 e. The molecule has 0 aliphatic heterocycles. The number of carbonyl (C=O) groups is 1. The highest BCUT2D eigenvalue weighted by atomic mass is 35.5. The Labute approximate surface area is 139 Å². The average molecular weight is 361 g/mol. The Morgan fingerprint density at radius 3 is 2.46 bits per heavy atom. The predicted molar refractivity (Wildman–Crippen MR) is 79.6 cm³/mol. The van der Waals surface area contributed by atoms with E-state index in [1.54, 1.807) is 0 Å². The molecule has 0 amide bonds. The van der Waals surface area contributed by atoms with E-state index in [1.807, 2.05) is 0 Å². The van der Waals surface area contributed by atoms with Crippen molar-refractivity contribution in [3.05, 3.63) is 46.1 Å². The summed E-state index contributed by atoms with van der Waals surface area (Å²) in [7, 11) is 0. The van der Waals surface area contributed by atoms with Gasteiger partial charge in [-0.3, -0.25) is 0 Å². The van der Waals surface area contributed by atoms with Crippen molar-refractivity contribution in [3.63, 3.8) is 0 Å². The number of benzene rings is 1. The first-order valence-electron chi connectivity index (χ1n) is 6.63. The highest BCUT2D eigenvalue weighted by Crippen LogP contribution is 2.36. The van der Waals surface area contributed by atoms with Crippen molar-refractivity contribution in [2.75, 3.05) is 0 Å². The third-order valence-electron chi connectivity index (χ3n) is 3.17. The molecule has 2 aromatic rings. The normalized spacial score (nSPS) is 11.8. The van der Waals surface area contributed by atoms with Gasteiger partial charge in [0, 0.05) is 11.1 Å². The van der Waals surface area contributed by atoms with Crippen LogP contribution in [0.3, 0.4) is 0 Å². The van der Waals surface area contributed by atoms with Gasteiger partial charge < -0.3 is 10.2 Å².